The number of hydrogen-bond donors (Lipinski definition) is 0. The molecule has 5 nitrogen and oxygen atoms in total. The standard InChI is InChI=1S/C20H26F3N3O2/c1-15-4-2-3-5-17(15)14-24-10-12-25(13-11-24)18(27)16-6-8-26(9-7-16)19(28)20(21,22)23/h2-5,16H,6-14H2,1H3. The van der Waals surface area contributed by atoms with Crippen molar-refractivity contribution in [2.24, 2.45) is 5.92 Å². The van der Waals surface area contributed by atoms with Gasteiger partial charge >= 0.3 is 12.1 Å². The number of aryl methyl sites for hydroxylation is 1. The molecule has 28 heavy (non-hydrogen) atoms. The molecule has 0 spiro atoms. The van der Waals surface area contributed by atoms with Crippen LogP contribution in [-0.4, -0.2) is 72.0 Å². The molecule has 2 heterocycles. The number of benzene rings is 1. The van der Waals surface area contributed by atoms with Crippen LogP contribution in [-0.2, 0) is 16.1 Å². The van der Waals surface area contributed by atoms with Crippen LogP contribution < -0.4 is 0 Å². The van der Waals surface area contributed by atoms with Crippen molar-refractivity contribution in [1.82, 2.24) is 14.7 Å². The first-order valence-corrected chi connectivity index (χ1v) is 9.67. The third-order valence-corrected chi connectivity index (χ3v) is 5.71. The number of amides is 2. The third-order valence-electron chi connectivity index (χ3n) is 5.71. The van der Waals surface area contributed by atoms with Crippen molar-refractivity contribution in [3.05, 3.63) is 35.4 Å². The monoisotopic (exact) mass is 397 g/mol. The molecule has 2 saturated heterocycles. The highest BCUT2D eigenvalue weighted by atomic mass is 19.4. The van der Waals surface area contributed by atoms with Gasteiger partial charge in [-0.25, -0.2) is 0 Å². The summed E-state index contributed by atoms with van der Waals surface area (Å²) < 4.78 is 37.6. The number of likely N-dealkylation sites (tertiary alicyclic amines) is 1. The molecular weight excluding hydrogens is 371 g/mol. The smallest absolute Gasteiger partial charge is 0.340 e. The number of alkyl halides is 3. The molecule has 1 aromatic rings. The van der Waals surface area contributed by atoms with E-state index in [4.69, 9.17) is 0 Å². The van der Waals surface area contributed by atoms with E-state index in [1.54, 1.807) is 0 Å². The average molecular weight is 397 g/mol. The van der Waals surface area contributed by atoms with Crippen molar-refractivity contribution in [1.29, 1.82) is 0 Å². The molecular formula is C20H26F3N3O2. The summed E-state index contributed by atoms with van der Waals surface area (Å²) in [7, 11) is 0. The first kappa shape index (κ1) is 20.6. The Kier molecular flexibility index (Phi) is 6.27. The second-order valence-electron chi connectivity index (χ2n) is 7.59. The summed E-state index contributed by atoms with van der Waals surface area (Å²) in [6.07, 6.45) is -4.25. The molecule has 0 unspecified atom stereocenters. The maximum Gasteiger partial charge on any atom is 0.471 e. The molecule has 2 aliphatic heterocycles. The minimum absolute atomic E-state index is 0.00893. The Morgan fingerprint density at radius 1 is 0.964 bits per heavy atom. The number of rotatable bonds is 3. The number of nitrogens with zero attached hydrogens (tertiary/aromatic N) is 3. The van der Waals surface area contributed by atoms with Gasteiger partial charge in [-0.2, -0.15) is 13.2 Å². The van der Waals surface area contributed by atoms with Crippen LogP contribution in [0.2, 0.25) is 0 Å². The fourth-order valence-corrected chi connectivity index (χ4v) is 3.92. The normalized spacial score (nSPS) is 19.7. The number of carbonyl (C=O) groups excluding carboxylic acids is 2. The predicted octanol–water partition coefficient (Wildman–Crippen LogP) is 2.44. The van der Waals surface area contributed by atoms with E-state index in [0.29, 0.717) is 25.9 Å². The second kappa shape index (κ2) is 8.51. The number of piperidine rings is 1. The van der Waals surface area contributed by atoms with E-state index in [1.165, 1.54) is 11.1 Å². The van der Waals surface area contributed by atoms with Gasteiger partial charge in [0.15, 0.2) is 0 Å². The Bertz CT molecular complexity index is 707. The summed E-state index contributed by atoms with van der Waals surface area (Å²) in [6, 6.07) is 8.24. The van der Waals surface area contributed by atoms with Crippen LogP contribution in [0.5, 0.6) is 0 Å². The van der Waals surface area contributed by atoms with E-state index >= 15 is 0 Å². The lowest BCUT2D eigenvalue weighted by Gasteiger charge is -2.38. The number of hydrogen-bond acceptors (Lipinski definition) is 3. The fourth-order valence-electron chi connectivity index (χ4n) is 3.92. The third kappa shape index (κ3) is 4.84. The molecule has 8 heteroatoms. The summed E-state index contributed by atoms with van der Waals surface area (Å²) >= 11 is 0. The molecule has 0 saturated carbocycles. The van der Waals surface area contributed by atoms with Crippen LogP contribution >= 0.6 is 0 Å². The number of halogens is 3. The first-order chi connectivity index (χ1) is 13.3. The van der Waals surface area contributed by atoms with Crippen molar-refractivity contribution in [3.63, 3.8) is 0 Å². The Balaban J connectivity index is 1.46. The van der Waals surface area contributed by atoms with E-state index in [1.807, 2.05) is 17.0 Å². The van der Waals surface area contributed by atoms with E-state index in [-0.39, 0.29) is 24.9 Å². The number of carbonyl (C=O) groups is 2. The molecule has 0 radical (unpaired) electrons. The van der Waals surface area contributed by atoms with Crippen LogP contribution in [0, 0.1) is 12.8 Å². The molecule has 154 valence electrons. The highest BCUT2D eigenvalue weighted by Crippen LogP contribution is 2.25. The SMILES string of the molecule is Cc1ccccc1CN1CCN(C(=O)C2CCN(C(=O)C(F)(F)F)CC2)CC1. The molecule has 0 bridgehead atoms. The van der Waals surface area contributed by atoms with Gasteiger partial charge in [-0.15, -0.1) is 0 Å². The van der Waals surface area contributed by atoms with Crippen LogP contribution in [0.4, 0.5) is 13.2 Å². The van der Waals surface area contributed by atoms with Gasteiger partial charge in [0.25, 0.3) is 0 Å². The number of piperazine rings is 1. The van der Waals surface area contributed by atoms with Crippen LogP contribution in [0.1, 0.15) is 24.0 Å². The Hall–Kier alpha value is -2.09. The summed E-state index contributed by atoms with van der Waals surface area (Å²) in [6.45, 7) is 5.75. The van der Waals surface area contributed by atoms with Crippen molar-refractivity contribution >= 4 is 11.8 Å². The predicted molar refractivity (Wildman–Crippen MR) is 98.4 cm³/mol. The molecule has 2 fully saturated rings. The van der Waals surface area contributed by atoms with Crippen molar-refractivity contribution < 1.29 is 22.8 Å². The molecule has 0 aromatic heterocycles. The molecule has 0 N–H and O–H groups in total. The lowest BCUT2D eigenvalue weighted by molar-refractivity contribution is -0.187. The Morgan fingerprint density at radius 2 is 1.57 bits per heavy atom. The molecule has 0 aliphatic carbocycles. The lowest BCUT2D eigenvalue weighted by atomic mass is 9.95. The Labute approximate surface area is 163 Å². The topological polar surface area (TPSA) is 43.9 Å². The van der Waals surface area contributed by atoms with E-state index in [0.717, 1.165) is 24.5 Å². The van der Waals surface area contributed by atoms with Crippen molar-refractivity contribution in [2.75, 3.05) is 39.3 Å². The quantitative estimate of drug-likeness (QED) is 0.787. The zero-order valence-electron chi connectivity index (χ0n) is 16.0. The van der Waals surface area contributed by atoms with E-state index in [9.17, 15) is 22.8 Å². The lowest BCUT2D eigenvalue weighted by Crippen LogP contribution is -2.52. The first-order valence-electron chi connectivity index (χ1n) is 9.67. The second-order valence-corrected chi connectivity index (χ2v) is 7.59. The minimum atomic E-state index is -4.84. The average Bonchev–Trinajstić information content (AvgIpc) is 2.69. The van der Waals surface area contributed by atoms with Crippen LogP contribution in [0.3, 0.4) is 0 Å². The Morgan fingerprint density at radius 3 is 2.14 bits per heavy atom. The molecule has 2 amide bonds. The van der Waals surface area contributed by atoms with Gasteiger partial charge in [0.05, 0.1) is 0 Å². The molecule has 2 aliphatic rings. The summed E-state index contributed by atoms with van der Waals surface area (Å²) in [5.74, 6) is -2.09. The van der Waals surface area contributed by atoms with Crippen molar-refractivity contribution in [2.45, 2.75) is 32.5 Å². The summed E-state index contributed by atoms with van der Waals surface area (Å²) in [5.41, 5.74) is 2.53. The largest absolute Gasteiger partial charge is 0.471 e. The molecule has 1 aromatic carbocycles. The molecule has 3 rings (SSSR count). The van der Waals surface area contributed by atoms with E-state index in [2.05, 4.69) is 24.0 Å². The van der Waals surface area contributed by atoms with Gasteiger partial charge in [-0.3, -0.25) is 14.5 Å². The zero-order chi connectivity index (χ0) is 20.3. The maximum absolute atomic E-state index is 12.7. The fraction of sp³-hybridized carbons (Fsp3) is 0.600. The van der Waals surface area contributed by atoms with Gasteiger partial charge < -0.3 is 9.80 Å². The van der Waals surface area contributed by atoms with Crippen LogP contribution in [0.15, 0.2) is 24.3 Å². The van der Waals surface area contributed by atoms with Crippen LogP contribution in [0.25, 0.3) is 0 Å². The minimum Gasteiger partial charge on any atom is -0.340 e. The maximum atomic E-state index is 12.7. The van der Waals surface area contributed by atoms with Gasteiger partial charge in [0.2, 0.25) is 5.91 Å². The summed E-state index contributed by atoms with van der Waals surface area (Å²) in [5, 5.41) is 0. The van der Waals surface area contributed by atoms with Crippen molar-refractivity contribution in [3.8, 4) is 0 Å². The highest BCUT2D eigenvalue weighted by Gasteiger charge is 2.44. The summed E-state index contributed by atoms with van der Waals surface area (Å²) in [4.78, 5) is 29.0. The van der Waals surface area contributed by atoms with Gasteiger partial charge in [-0.05, 0) is 30.9 Å². The van der Waals surface area contributed by atoms with Gasteiger partial charge in [0.1, 0.15) is 0 Å². The highest BCUT2D eigenvalue weighted by molar-refractivity contribution is 5.83. The molecule has 0 atom stereocenters. The van der Waals surface area contributed by atoms with Gasteiger partial charge in [-0.1, -0.05) is 24.3 Å². The van der Waals surface area contributed by atoms with Gasteiger partial charge in [0, 0.05) is 51.7 Å². The zero-order valence-corrected chi connectivity index (χ0v) is 16.0. The van der Waals surface area contributed by atoms with E-state index < -0.39 is 12.1 Å².